The molecule has 33 heavy (non-hydrogen) atoms. The van der Waals surface area contributed by atoms with Gasteiger partial charge in [0.05, 0.1) is 0 Å². The molecule has 3 amide bonds. The van der Waals surface area contributed by atoms with E-state index in [1.54, 1.807) is 5.32 Å². The van der Waals surface area contributed by atoms with Crippen molar-refractivity contribution in [3.05, 3.63) is 22.3 Å². The summed E-state index contributed by atoms with van der Waals surface area (Å²) in [5.41, 5.74) is -0.456. The van der Waals surface area contributed by atoms with E-state index < -0.39 is 58.4 Å². The molecule has 17 heteroatoms. The zero-order valence-electron chi connectivity index (χ0n) is 16.2. The van der Waals surface area contributed by atoms with Crippen LogP contribution in [0.25, 0.3) is 0 Å². The average Bonchev–Trinajstić information content (AvgIpc) is 3.32. The van der Waals surface area contributed by atoms with E-state index in [0.29, 0.717) is 11.3 Å². The van der Waals surface area contributed by atoms with Gasteiger partial charge in [0.15, 0.2) is 10.8 Å². The summed E-state index contributed by atoms with van der Waals surface area (Å²) in [6.07, 6.45) is -6.56. The first-order valence-corrected chi connectivity index (χ1v) is 10.8. The Morgan fingerprint density at radius 1 is 1.39 bits per heavy atom. The Hall–Kier alpha value is -3.18. The van der Waals surface area contributed by atoms with Gasteiger partial charge in [0.1, 0.15) is 29.9 Å². The minimum Gasteiger partial charge on any atom is -0.427 e. The van der Waals surface area contributed by atoms with Crippen molar-refractivity contribution >= 4 is 57.6 Å². The number of thiazole rings is 1. The molecule has 3 aliphatic heterocycles. The molecule has 1 aromatic rings. The predicted molar refractivity (Wildman–Crippen MR) is 104 cm³/mol. The fraction of sp³-hybridized carbons (Fsp3) is 0.375. The summed E-state index contributed by atoms with van der Waals surface area (Å²) in [7, 11) is 1.12. The number of fused-ring (bicyclic) bond motifs is 2. The number of nitrogens with zero attached hydrogens (tertiary/aromatic N) is 3. The van der Waals surface area contributed by atoms with Crippen LogP contribution in [0.5, 0.6) is 0 Å². The summed E-state index contributed by atoms with van der Waals surface area (Å²) in [6, 6.07) is -1.06. The lowest BCUT2D eigenvalue weighted by molar-refractivity contribution is -0.167. The number of amides is 3. The quantitative estimate of drug-likeness (QED) is 0.207. The smallest absolute Gasteiger partial charge is 0.427 e. The van der Waals surface area contributed by atoms with Crippen LogP contribution in [0.2, 0.25) is 0 Å². The van der Waals surface area contributed by atoms with E-state index in [-0.39, 0.29) is 22.7 Å². The Morgan fingerprint density at radius 2 is 2.12 bits per heavy atom. The van der Waals surface area contributed by atoms with Gasteiger partial charge in [0.25, 0.3) is 11.8 Å². The third kappa shape index (κ3) is 4.02. The molecule has 1 saturated heterocycles. The van der Waals surface area contributed by atoms with Gasteiger partial charge in [-0.25, -0.2) is 9.78 Å². The molecule has 12 nitrogen and oxygen atoms in total. The van der Waals surface area contributed by atoms with Crippen molar-refractivity contribution in [3.63, 3.8) is 0 Å². The summed E-state index contributed by atoms with van der Waals surface area (Å²) in [5, 5.41) is 17.3. The second kappa shape index (κ2) is 8.31. The highest BCUT2D eigenvalue weighted by Gasteiger charge is 2.57. The van der Waals surface area contributed by atoms with Gasteiger partial charge >= 0.3 is 18.1 Å². The van der Waals surface area contributed by atoms with E-state index in [4.69, 9.17) is 4.74 Å². The molecule has 0 bridgehead atoms. The number of hydrogen-bond donors (Lipinski definition) is 3. The number of esters is 1. The molecule has 176 valence electrons. The summed E-state index contributed by atoms with van der Waals surface area (Å²) in [6.45, 7) is 0. The molecule has 1 fully saturated rings. The Morgan fingerprint density at radius 3 is 2.79 bits per heavy atom. The minimum absolute atomic E-state index is 0.0583. The predicted octanol–water partition coefficient (Wildman–Crippen LogP) is -0.476. The fourth-order valence-electron chi connectivity index (χ4n) is 3.16. The van der Waals surface area contributed by atoms with Crippen molar-refractivity contribution in [1.29, 1.82) is 0 Å². The molecule has 0 radical (unpaired) electrons. The zero-order chi connectivity index (χ0) is 24.1. The molecule has 3 aliphatic rings. The summed E-state index contributed by atoms with van der Waals surface area (Å²) < 4.78 is 41.9. The van der Waals surface area contributed by atoms with Crippen LogP contribution in [0.1, 0.15) is 5.69 Å². The van der Waals surface area contributed by atoms with Gasteiger partial charge in [-0.1, -0.05) is 5.16 Å². The van der Waals surface area contributed by atoms with Gasteiger partial charge in [-0.05, 0) is 0 Å². The van der Waals surface area contributed by atoms with Gasteiger partial charge in [-0.3, -0.25) is 24.6 Å². The van der Waals surface area contributed by atoms with Gasteiger partial charge < -0.3 is 20.0 Å². The molecule has 0 saturated carbocycles. The maximum Gasteiger partial charge on any atom is 0.471 e. The maximum absolute atomic E-state index is 12.7. The number of thioether (sulfide) groups is 1. The van der Waals surface area contributed by atoms with Gasteiger partial charge in [0, 0.05) is 16.7 Å². The number of hydrogen-bond acceptors (Lipinski definition) is 11. The van der Waals surface area contributed by atoms with Crippen molar-refractivity contribution in [3.8, 4) is 0 Å². The van der Waals surface area contributed by atoms with E-state index in [1.165, 1.54) is 17.1 Å². The van der Waals surface area contributed by atoms with Gasteiger partial charge in [-0.2, -0.15) is 13.2 Å². The first-order valence-electron chi connectivity index (χ1n) is 8.85. The van der Waals surface area contributed by atoms with Crippen LogP contribution < -0.4 is 10.6 Å². The van der Waals surface area contributed by atoms with E-state index in [2.05, 4.69) is 20.3 Å². The molecule has 3 unspecified atom stereocenters. The molecule has 0 spiro atoms. The number of ether oxygens (including phenoxy) is 1. The van der Waals surface area contributed by atoms with E-state index in [0.717, 1.165) is 12.0 Å². The molecule has 3 atom stereocenters. The van der Waals surface area contributed by atoms with Crippen LogP contribution in [0.4, 0.5) is 18.3 Å². The number of halogens is 3. The number of aliphatic hydroxyl groups excluding tert-OH is 1. The largest absolute Gasteiger partial charge is 0.471 e. The molecular weight excluding hydrogens is 495 g/mol. The Bertz CT molecular complexity index is 1120. The minimum atomic E-state index is -5.13. The number of cyclic esters (lactones) is 1. The van der Waals surface area contributed by atoms with Crippen LogP contribution in [-0.2, 0) is 28.8 Å². The topological polar surface area (TPSA) is 160 Å². The lowest BCUT2D eigenvalue weighted by Crippen LogP contribution is -2.70. The van der Waals surface area contributed by atoms with Crippen LogP contribution in [0, 0.1) is 0 Å². The number of aromatic nitrogens is 1. The van der Waals surface area contributed by atoms with Crippen molar-refractivity contribution in [2.24, 2.45) is 5.16 Å². The first-order chi connectivity index (χ1) is 15.5. The maximum atomic E-state index is 12.7. The van der Waals surface area contributed by atoms with Crippen molar-refractivity contribution in [2.75, 3.05) is 18.2 Å². The van der Waals surface area contributed by atoms with Crippen molar-refractivity contribution in [2.45, 2.75) is 23.9 Å². The first kappa shape index (κ1) is 23.0. The summed E-state index contributed by atoms with van der Waals surface area (Å²) >= 11 is 1.80. The number of aliphatic hydroxyl groups is 1. The van der Waals surface area contributed by atoms with Crippen LogP contribution in [0.3, 0.4) is 0 Å². The van der Waals surface area contributed by atoms with Gasteiger partial charge in [0.2, 0.25) is 6.29 Å². The van der Waals surface area contributed by atoms with Crippen LogP contribution in [0.15, 0.2) is 21.8 Å². The fourth-order valence-corrected chi connectivity index (χ4v) is 5.22. The van der Waals surface area contributed by atoms with E-state index in [1.807, 2.05) is 0 Å². The highest BCUT2D eigenvalue weighted by molar-refractivity contribution is 8.00. The number of alkyl halides is 3. The molecule has 4 rings (SSSR count). The second-order valence-electron chi connectivity index (χ2n) is 6.60. The zero-order valence-corrected chi connectivity index (χ0v) is 17.8. The number of carbonyl (C=O) groups is 4. The van der Waals surface area contributed by atoms with Crippen molar-refractivity contribution < 1.29 is 47.0 Å². The number of nitrogens with one attached hydrogen (secondary N) is 2. The Labute approximate surface area is 189 Å². The molecule has 3 N–H and O–H groups in total. The Balaban J connectivity index is 1.47. The number of rotatable bonds is 5. The van der Waals surface area contributed by atoms with Crippen molar-refractivity contribution in [1.82, 2.24) is 15.2 Å². The second-order valence-corrected chi connectivity index (χ2v) is 8.57. The third-order valence-electron chi connectivity index (χ3n) is 4.62. The third-order valence-corrected chi connectivity index (χ3v) is 6.68. The Kier molecular flexibility index (Phi) is 5.79. The molecular formula is C16H12F3N5O7S2. The molecule has 4 heterocycles. The summed E-state index contributed by atoms with van der Waals surface area (Å²) in [5.74, 6) is -4.46. The molecule has 0 aliphatic carbocycles. The SMILES string of the molecule is CON=C(C(=O)NC1C(=O)N2C3=C(CSC12)C(O)OC3=O)c1csc(NC(=O)C(F)(F)F)n1. The van der Waals surface area contributed by atoms with E-state index >= 15 is 0 Å². The standard InChI is InChI=1S/C16H12F3N5O7S2/c1-30-23-6(5-3-33-15(20-5)22-14(29)16(17,18)19)9(25)21-7-10(26)24-8-4(2-32-11(7)24)12(27)31-13(8)28/h3,7,11-12,27H,2H2,1H3,(H,21,25)(H,20,22,29). The van der Waals surface area contributed by atoms with Gasteiger partial charge in [-0.15, -0.1) is 23.1 Å². The number of oxime groups is 1. The lowest BCUT2D eigenvalue weighted by Gasteiger charge is -2.48. The lowest BCUT2D eigenvalue weighted by atomic mass is 10.0. The molecule has 1 aromatic heterocycles. The van der Waals surface area contributed by atoms with Crippen LogP contribution in [-0.4, -0.2) is 81.1 Å². The monoisotopic (exact) mass is 507 g/mol. The molecule has 0 aromatic carbocycles. The highest BCUT2D eigenvalue weighted by atomic mass is 32.2. The van der Waals surface area contributed by atoms with E-state index in [9.17, 15) is 37.5 Å². The van der Waals surface area contributed by atoms with Crippen LogP contribution >= 0.6 is 23.1 Å². The summed E-state index contributed by atoms with van der Waals surface area (Å²) in [4.78, 5) is 57.8. The average molecular weight is 507 g/mol. The number of β-lactam (4-membered cyclic amide) rings is 1. The number of anilines is 1. The highest BCUT2D eigenvalue weighted by Crippen LogP contribution is 2.43. The number of carbonyl (C=O) groups excluding carboxylic acids is 4. The normalized spacial score (nSPS) is 24.6.